The molecule has 0 aromatic heterocycles. The summed E-state index contributed by atoms with van der Waals surface area (Å²) in [6.07, 6.45) is -1.19. The summed E-state index contributed by atoms with van der Waals surface area (Å²) in [4.78, 5) is 18.9. The molecule has 16 heavy (non-hydrogen) atoms. The molecule has 0 bridgehead atoms. The Bertz CT molecular complexity index is 424. The number of alkyl halides is 3. The molecule has 11 heteroatoms. The van der Waals surface area contributed by atoms with Gasteiger partial charge >= 0.3 is 27.4 Å². The van der Waals surface area contributed by atoms with Crippen LogP contribution in [0.15, 0.2) is 0 Å². The first-order chi connectivity index (χ1) is 7.01. The molecule has 2 amide bonds. The van der Waals surface area contributed by atoms with E-state index in [0.29, 0.717) is 0 Å². The number of nitrogens with zero attached hydrogens (tertiary/aromatic N) is 1. The maximum absolute atomic E-state index is 11.9. The largest absolute Gasteiger partial charge is 0.528 e. The van der Waals surface area contributed by atoms with E-state index in [1.54, 1.807) is 0 Å². The molecule has 1 N–H and O–H groups in total. The van der Waals surface area contributed by atoms with Crippen LogP contribution in [0.3, 0.4) is 0 Å². The number of hydrogen-bond donors (Lipinski definition) is 1. The Morgan fingerprint density at radius 2 is 1.56 bits per heavy atom. The minimum atomic E-state index is -6.22. The molecular weight excluding hydrogens is 259 g/mol. The van der Waals surface area contributed by atoms with Gasteiger partial charge in [0.15, 0.2) is 0 Å². The van der Waals surface area contributed by atoms with Crippen molar-refractivity contribution in [2.75, 3.05) is 0 Å². The Hall–Kier alpha value is -1.04. The van der Waals surface area contributed by atoms with Crippen molar-refractivity contribution in [3.63, 3.8) is 0 Å². The van der Waals surface area contributed by atoms with Gasteiger partial charge < -0.3 is 0 Å². The van der Waals surface area contributed by atoms with E-state index in [-0.39, 0.29) is 0 Å². The minimum Gasteiger partial charge on any atom is -0.223 e. The number of halogens is 3. The molecular formula is C5H5F3NO6S+. The third-order valence-electron chi connectivity index (χ3n) is 1.72. The molecule has 92 valence electrons. The van der Waals surface area contributed by atoms with Gasteiger partial charge in [-0.15, -0.1) is 0 Å². The van der Waals surface area contributed by atoms with Crippen molar-refractivity contribution in [1.29, 1.82) is 0 Å². The highest BCUT2D eigenvalue weighted by Crippen LogP contribution is 2.30. The van der Waals surface area contributed by atoms with Crippen molar-refractivity contribution in [2.45, 2.75) is 18.3 Å². The summed E-state index contributed by atoms with van der Waals surface area (Å²) in [5, 5.41) is 9.06. The zero-order valence-electron chi connectivity index (χ0n) is 7.39. The number of hydroxylamine groups is 4. The first-order valence-electron chi connectivity index (χ1n) is 3.72. The molecule has 1 fully saturated rings. The number of carbonyl (C=O) groups is 2. The van der Waals surface area contributed by atoms with Crippen LogP contribution in [-0.4, -0.2) is 35.8 Å². The molecule has 7 nitrogen and oxygen atoms in total. The van der Waals surface area contributed by atoms with Crippen molar-refractivity contribution in [2.24, 2.45) is 0 Å². The van der Waals surface area contributed by atoms with Crippen LogP contribution in [0.25, 0.3) is 0 Å². The lowest BCUT2D eigenvalue weighted by molar-refractivity contribution is -1.11. The zero-order valence-corrected chi connectivity index (χ0v) is 8.21. The first-order valence-corrected chi connectivity index (χ1v) is 5.12. The quantitative estimate of drug-likeness (QED) is 0.321. The van der Waals surface area contributed by atoms with Gasteiger partial charge in [-0.3, -0.25) is 0 Å². The molecule has 1 heterocycles. The molecule has 0 saturated carbocycles. The van der Waals surface area contributed by atoms with Gasteiger partial charge in [0, 0.05) is 0 Å². The summed E-state index contributed by atoms with van der Waals surface area (Å²) in [7, 11) is -6.22. The number of rotatable bonds is 2. The van der Waals surface area contributed by atoms with Crippen LogP contribution < -0.4 is 0 Å². The second-order valence-electron chi connectivity index (χ2n) is 2.84. The molecule has 0 spiro atoms. The van der Waals surface area contributed by atoms with E-state index in [2.05, 4.69) is 4.28 Å². The predicted molar refractivity (Wildman–Crippen MR) is 37.4 cm³/mol. The lowest BCUT2D eigenvalue weighted by Crippen LogP contribution is -2.52. The van der Waals surface area contributed by atoms with Crippen LogP contribution in [0.5, 0.6) is 0 Å². The molecule has 1 aliphatic rings. The number of hydrogen-bond acceptors (Lipinski definition) is 6. The molecule has 0 aromatic carbocycles. The third kappa shape index (κ3) is 1.93. The fourth-order valence-electron chi connectivity index (χ4n) is 0.923. The Labute approximate surface area is 86.6 Å². The minimum absolute atomic E-state index is 0.595. The average Bonchev–Trinajstić information content (AvgIpc) is 2.30. The molecule has 0 aliphatic carbocycles. The van der Waals surface area contributed by atoms with Crippen molar-refractivity contribution in [1.82, 2.24) is 0 Å². The third-order valence-corrected chi connectivity index (χ3v) is 2.70. The lowest BCUT2D eigenvalue weighted by Gasteiger charge is -2.16. The highest BCUT2D eigenvalue weighted by Gasteiger charge is 2.62. The Balaban J connectivity index is 3.07. The second kappa shape index (κ2) is 3.48. The van der Waals surface area contributed by atoms with Crippen molar-refractivity contribution < 1.29 is 45.5 Å². The maximum Gasteiger partial charge on any atom is 0.528 e. The highest BCUT2D eigenvalue weighted by molar-refractivity contribution is 7.87. The Kier molecular flexibility index (Phi) is 2.83. The average molecular weight is 264 g/mol. The molecule has 0 atom stereocenters. The van der Waals surface area contributed by atoms with Crippen molar-refractivity contribution in [3.05, 3.63) is 0 Å². The number of carbonyl (C=O) groups excluding carboxylic acids is 2. The second-order valence-corrected chi connectivity index (χ2v) is 4.36. The van der Waals surface area contributed by atoms with E-state index < -0.39 is 45.1 Å². The van der Waals surface area contributed by atoms with Crippen molar-refractivity contribution in [3.8, 4) is 0 Å². The molecule has 1 aliphatic heterocycles. The summed E-state index contributed by atoms with van der Waals surface area (Å²) in [6.45, 7) is 0. The van der Waals surface area contributed by atoms with E-state index in [0.717, 1.165) is 0 Å². The summed E-state index contributed by atoms with van der Waals surface area (Å²) in [5.74, 6) is -2.95. The molecule has 0 aromatic rings. The van der Waals surface area contributed by atoms with Crippen LogP contribution in [0.2, 0.25) is 0 Å². The van der Waals surface area contributed by atoms with Gasteiger partial charge in [0.25, 0.3) is 0 Å². The van der Waals surface area contributed by atoms with Crippen molar-refractivity contribution >= 4 is 21.9 Å². The van der Waals surface area contributed by atoms with E-state index in [1.807, 2.05) is 0 Å². The van der Waals surface area contributed by atoms with Gasteiger partial charge in [-0.05, 0) is 4.28 Å². The summed E-state index contributed by atoms with van der Waals surface area (Å²) in [5.41, 5.74) is -5.83. The van der Waals surface area contributed by atoms with E-state index in [9.17, 15) is 31.2 Å². The molecule has 1 rings (SSSR count). The van der Waals surface area contributed by atoms with E-state index >= 15 is 0 Å². The summed E-state index contributed by atoms with van der Waals surface area (Å²) in [6, 6.07) is 0. The van der Waals surface area contributed by atoms with Gasteiger partial charge in [-0.1, -0.05) is 0 Å². The van der Waals surface area contributed by atoms with Gasteiger partial charge in [0.2, 0.25) is 0 Å². The smallest absolute Gasteiger partial charge is 0.223 e. The van der Waals surface area contributed by atoms with Gasteiger partial charge in [0.1, 0.15) is 4.81 Å². The normalized spacial score (nSPS) is 21.5. The van der Waals surface area contributed by atoms with Crippen LogP contribution >= 0.6 is 0 Å². The van der Waals surface area contributed by atoms with Crippen LogP contribution in [0.4, 0.5) is 13.2 Å². The Morgan fingerprint density at radius 1 is 1.19 bits per heavy atom. The SMILES string of the molecule is O=C1CCC(=O)[N+]1(O)OS(=O)(=O)C(F)(F)F. The number of imide groups is 1. The zero-order chi connectivity index (χ0) is 12.8. The van der Waals surface area contributed by atoms with Crippen LogP contribution in [0.1, 0.15) is 12.8 Å². The fourth-order valence-corrected chi connectivity index (χ4v) is 1.46. The molecule has 0 radical (unpaired) electrons. The van der Waals surface area contributed by atoms with Gasteiger partial charge in [-0.25, -0.2) is 9.59 Å². The lowest BCUT2D eigenvalue weighted by atomic mass is 10.4. The van der Waals surface area contributed by atoms with E-state index in [1.165, 1.54) is 0 Å². The fraction of sp³-hybridized carbons (Fsp3) is 0.600. The predicted octanol–water partition coefficient (Wildman–Crippen LogP) is -0.179. The van der Waals surface area contributed by atoms with Gasteiger partial charge in [0.05, 0.1) is 12.8 Å². The standard InChI is InChI=1S/C5H5F3NO6S/c6-5(7,8)16(13,14)15-9(12)3(10)1-2-4(9)11/h12H,1-2H2/q+1. The molecule has 1 saturated heterocycles. The van der Waals surface area contributed by atoms with E-state index in [4.69, 9.17) is 5.21 Å². The summed E-state index contributed by atoms with van der Waals surface area (Å²) >= 11 is 0. The number of amides is 2. The summed E-state index contributed by atoms with van der Waals surface area (Å²) < 4.78 is 59.7. The first kappa shape index (κ1) is 13.0. The van der Waals surface area contributed by atoms with Crippen LogP contribution in [0, 0.1) is 0 Å². The monoisotopic (exact) mass is 264 g/mol. The highest BCUT2D eigenvalue weighted by atomic mass is 32.2. The van der Waals surface area contributed by atoms with Gasteiger partial charge in [-0.2, -0.15) is 26.8 Å². The topological polar surface area (TPSA) is 97.7 Å². The number of quaternary nitrogens is 1. The van der Waals surface area contributed by atoms with Crippen LogP contribution in [-0.2, 0) is 24.0 Å². The maximum atomic E-state index is 11.9. The Morgan fingerprint density at radius 3 is 1.88 bits per heavy atom. The molecule has 0 unspecified atom stereocenters.